The normalized spacial score (nSPS) is 10.9. The summed E-state index contributed by atoms with van der Waals surface area (Å²) < 4.78 is 5.17. The van der Waals surface area contributed by atoms with Crippen molar-refractivity contribution in [3.8, 4) is 5.75 Å². The molecule has 4 heteroatoms. The Bertz CT molecular complexity index is 621. The zero-order valence-electron chi connectivity index (χ0n) is 11.2. The first kappa shape index (κ1) is 13.7. The van der Waals surface area contributed by atoms with Crippen LogP contribution in [0.2, 0.25) is 0 Å². The standard InChI is InChI=1S/C16H16N2O2/c1-20-14-9-5-8-13(10-14)18-15(11-16(17)19)12-6-3-2-4-7-12/h2-11,18H,1H3,(H2,17,19)/b15-11-. The minimum atomic E-state index is -0.501. The number of carbonyl (C=O) groups excluding carboxylic acids is 1. The molecule has 0 aromatic heterocycles. The molecule has 0 atom stereocenters. The van der Waals surface area contributed by atoms with Gasteiger partial charge in [0.25, 0.3) is 0 Å². The molecule has 0 aliphatic heterocycles. The number of nitrogens with one attached hydrogen (secondary N) is 1. The van der Waals surface area contributed by atoms with E-state index in [4.69, 9.17) is 10.5 Å². The zero-order valence-corrected chi connectivity index (χ0v) is 11.2. The minimum Gasteiger partial charge on any atom is -0.497 e. The van der Waals surface area contributed by atoms with E-state index in [0.717, 1.165) is 17.0 Å². The van der Waals surface area contributed by atoms with Crippen LogP contribution in [0.4, 0.5) is 5.69 Å². The molecule has 0 fully saturated rings. The van der Waals surface area contributed by atoms with Crippen LogP contribution in [-0.2, 0) is 4.79 Å². The molecular weight excluding hydrogens is 252 g/mol. The van der Waals surface area contributed by atoms with Gasteiger partial charge >= 0.3 is 0 Å². The molecule has 0 aliphatic carbocycles. The van der Waals surface area contributed by atoms with Crippen LogP contribution in [0.1, 0.15) is 5.56 Å². The van der Waals surface area contributed by atoms with Gasteiger partial charge in [0, 0.05) is 17.8 Å². The van der Waals surface area contributed by atoms with Gasteiger partial charge in [-0.3, -0.25) is 4.79 Å². The number of hydrogen-bond acceptors (Lipinski definition) is 3. The highest BCUT2D eigenvalue weighted by Crippen LogP contribution is 2.22. The van der Waals surface area contributed by atoms with Crippen LogP contribution in [0.5, 0.6) is 5.75 Å². The van der Waals surface area contributed by atoms with Gasteiger partial charge in [-0.15, -0.1) is 0 Å². The quantitative estimate of drug-likeness (QED) is 0.819. The Kier molecular flexibility index (Phi) is 4.39. The molecule has 2 rings (SSSR count). The molecule has 2 aromatic carbocycles. The number of carbonyl (C=O) groups is 1. The second-order valence-electron chi connectivity index (χ2n) is 4.18. The lowest BCUT2D eigenvalue weighted by Gasteiger charge is -2.12. The average Bonchev–Trinajstić information content (AvgIpc) is 2.47. The lowest BCUT2D eigenvalue weighted by atomic mass is 10.1. The molecule has 2 aromatic rings. The molecule has 0 saturated heterocycles. The van der Waals surface area contributed by atoms with Crippen LogP contribution < -0.4 is 15.8 Å². The average molecular weight is 268 g/mol. The van der Waals surface area contributed by atoms with Gasteiger partial charge in [0.2, 0.25) is 5.91 Å². The van der Waals surface area contributed by atoms with E-state index in [1.54, 1.807) is 7.11 Å². The van der Waals surface area contributed by atoms with Crippen LogP contribution in [0.3, 0.4) is 0 Å². The van der Waals surface area contributed by atoms with Crippen molar-refractivity contribution in [2.24, 2.45) is 5.73 Å². The molecule has 1 amide bonds. The molecule has 0 unspecified atom stereocenters. The van der Waals surface area contributed by atoms with Crippen LogP contribution in [0.25, 0.3) is 5.70 Å². The maximum atomic E-state index is 11.2. The number of amides is 1. The summed E-state index contributed by atoms with van der Waals surface area (Å²) in [6.07, 6.45) is 1.37. The van der Waals surface area contributed by atoms with Crippen LogP contribution in [0.15, 0.2) is 60.7 Å². The number of benzene rings is 2. The molecular formula is C16H16N2O2. The Morgan fingerprint density at radius 3 is 2.55 bits per heavy atom. The molecule has 102 valence electrons. The largest absolute Gasteiger partial charge is 0.497 e. The fourth-order valence-electron chi connectivity index (χ4n) is 1.81. The first-order valence-corrected chi connectivity index (χ1v) is 6.16. The third kappa shape index (κ3) is 3.62. The molecule has 0 radical (unpaired) electrons. The highest BCUT2D eigenvalue weighted by atomic mass is 16.5. The van der Waals surface area contributed by atoms with E-state index in [2.05, 4.69) is 5.32 Å². The molecule has 0 aliphatic rings. The maximum absolute atomic E-state index is 11.2. The van der Waals surface area contributed by atoms with Gasteiger partial charge < -0.3 is 15.8 Å². The van der Waals surface area contributed by atoms with E-state index in [9.17, 15) is 4.79 Å². The van der Waals surface area contributed by atoms with Crippen LogP contribution >= 0.6 is 0 Å². The van der Waals surface area contributed by atoms with Crippen LogP contribution in [0, 0.1) is 0 Å². The smallest absolute Gasteiger partial charge is 0.243 e. The summed E-state index contributed by atoms with van der Waals surface area (Å²) in [5.74, 6) is 0.237. The Labute approximate surface area is 117 Å². The summed E-state index contributed by atoms with van der Waals surface area (Å²) >= 11 is 0. The minimum absolute atomic E-state index is 0.501. The molecule has 0 heterocycles. The fraction of sp³-hybridized carbons (Fsp3) is 0.0625. The van der Waals surface area contributed by atoms with Gasteiger partial charge in [0.05, 0.1) is 12.8 Å². The lowest BCUT2D eigenvalue weighted by Crippen LogP contribution is -2.10. The van der Waals surface area contributed by atoms with Gasteiger partial charge in [-0.1, -0.05) is 36.4 Å². The van der Waals surface area contributed by atoms with Crippen molar-refractivity contribution in [1.29, 1.82) is 0 Å². The van der Waals surface area contributed by atoms with E-state index >= 15 is 0 Å². The molecule has 3 N–H and O–H groups in total. The number of primary amides is 1. The Balaban J connectivity index is 2.31. The van der Waals surface area contributed by atoms with Crippen molar-refractivity contribution in [2.45, 2.75) is 0 Å². The zero-order chi connectivity index (χ0) is 14.4. The summed E-state index contributed by atoms with van der Waals surface area (Å²) in [6.45, 7) is 0. The molecule has 4 nitrogen and oxygen atoms in total. The first-order chi connectivity index (χ1) is 9.69. The third-order valence-electron chi connectivity index (χ3n) is 2.72. The van der Waals surface area contributed by atoms with Crippen molar-refractivity contribution >= 4 is 17.3 Å². The maximum Gasteiger partial charge on any atom is 0.243 e. The second-order valence-corrected chi connectivity index (χ2v) is 4.18. The van der Waals surface area contributed by atoms with Gasteiger partial charge in [0.1, 0.15) is 5.75 Å². The molecule has 0 bridgehead atoms. The van der Waals surface area contributed by atoms with E-state index in [0.29, 0.717) is 5.70 Å². The Morgan fingerprint density at radius 2 is 1.90 bits per heavy atom. The van der Waals surface area contributed by atoms with Crippen molar-refractivity contribution in [1.82, 2.24) is 0 Å². The van der Waals surface area contributed by atoms with Gasteiger partial charge in [0.15, 0.2) is 0 Å². The van der Waals surface area contributed by atoms with E-state index in [1.165, 1.54) is 6.08 Å². The highest BCUT2D eigenvalue weighted by molar-refractivity contribution is 5.96. The fourth-order valence-corrected chi connectivity index (χ4v) is 1.81. The van der Waals surface area contributed by atoms with Crippen molar-refractivity contribution in [3.63, 3.8) is 0 Å². The summed E-state index contributed by atoms with van der Waals surface area (Å²) in [6, 6.07) is 17.0. The number of anilines is 1. The summed E-state index contributed by atoms with van der Waals surface area (Å²) in [7, 11) is 1.61. The van der Waals surface area contributed by atoms with Gasteiger partial charge in [-0.2, -0.15) is 0 Å². The summed E-state index contributed by atoms with van der Waals surface area (Å²) in [4.78, 5) is 11.2. The SMILES string of the molecule is COc1cccc(N/C(=C\C(N)=O)c2ccccc2)c1. The van der Waals surface area contributed by atoms with Gasteiger partial charge in [-0.05, 0) is 17.7 Å². The first-order valence-electron chi connectivity index (χ1n) is 6.16. The van der Waals surface area contributed by atoms with E-state index in [-0.39, 0.29) is 0 Å². The second kappa shape index (κ2) is 6.43. The monoisotopic (exact) mass is 268 g/mol. The Hall–Kier alpha value is -2.75. The predicted molar refractivity (Wildman–Crippen MR) is 80.2 cm³/mol. The number of hydrogen-bond donors (Lipinski definition) is 2. The number of rotatable bonds is 5. The lowest BCUT2D eigenvalue weighted by molar-refractivity contribution is -0.113. The number of methoxy groups -OCH3 is 1. The van der Waals surface area contributed by atoms with Crippen LogP contribution in [-0.4, -0.2) is 13.0 Å². The summed E-state index contributed by atoms with van der Waals surface area (Å²) in [5, 5.41) is 3.18. The third-order valence-corrected chi connectivity index (χ3v) is 2.72. The van der Waals surface area contributed by atoms with E-state index < -0.39 is 5.91 Å². The molecule has 0 saturated carbocycles. The number of ether oxygens (including phenoxy) is 1. The van der Waals surface area contributed by atoms with Gasteiger partial charge in [-0.25, -0.2) is 0 Å². The van der Waals surface area contributed by atoms with Crippen molar-refractivity contribution in [3.05, 3.63) is 66.2 Å². The molecule has 20 heavy (non-hydrogen) atoms. The molecule has 0 spiro atoms. The van der Waals surface area contributed by atoms with Crippen molar-refractivity contribution in [2.75, 3.05) is 12.4 Å². The topological polar surface area (TPSA) is 64.3 Å². The number of nitrogens with two attached hydrogens (primary N) is 1. The summed E-state index contributed by atoms with van der Waals surface area (Å²) in [5.41, 5.74) is 7.61. The Morgan fingerprint density at radius 1 is 1.15 bits per heavy atom. The van der Waals surface area contributed by atoms with E-state index in [1.807, 2.05) is 54.6 Å². The predicted octanol–water partition coefficient (Wildman–Crippen LogP) is 2.63. The van der Waals surface area contributed by atoms with Crippen molar-refractivity contribution < 1.29 is 9.53 Å². The highest BCUT2D eigenvalue weighted by Gasteiger charge is 2.04.